The van der Waals surface area contributed by atoms with Gasteiger partial charge in [-0.2, -0.15) is 0 Å². The van der Waals surface area contributed by atoms with Crippen LogP contribution in [0.25, 0.3) is 0 Å². The second-order valence-electron chi connectivity index (χ2n) is 5.34. The standard InChI is InChI=1S/C15H30O2/c1-2-3-11-14-15(17-14)12-9-7-5-4-6-8-10-13-16/h14-16H,2-13H2,1H3. The Labute approximate surface area is 107 Å². The number of ether oxygens (including phenoxy) is 1. The lowest BCUT2D eigenvalue weighted by atomic mass is 10.0. The maximum Gasteiger partial charge on any atom is 0.0841 e. The number of epoxide rings is 1. The molecule has 0 radical (unpaired) electrons. The van der Waals surface area contributed by atoms with E-state index in [0.29, 0.717) is 18.8 Å². The van der Waals surface area contributed by atoms with E-state index in [2.05, 4.69) is 6.92 Å². The minimum absolute atomic E-state index is 0.359. The Morgan fingerprint density at radius 1 is 0.765 bits per heavy atom. The highest BCUT2D eigenvalue weighted by atomic mass is 16.6. The van der Waals surface area contributed by atoms with E-state index < -0.39 is 0 Å². The van der Waals surface area contributed by atoms with Gasteiger partial charge in [0.1, 0.15) is 0 Å². The predicted molar refractivity (Wildman–Crippen MR) is 72.2 cm³/mol. The summed E-state index contributed by atoms with van der Waals surface area (Å²) in [5.41, 5.74) is 0. The SMILES string of the molecule is CCCCC1OC1CCCCCCCCCO. The second-order valence-corrected chi connectivity index (χ2v) is 5.34. The summed E-state index contributed by atoms with van der Waals surface area (Å²) in [5.74, 6) is 0. The van der Waals surface area contributed by atoms with Crippen LogP contribution in [0.2, 0.25) is 0 Å². The maximum absolute atomic E-state index is 8.65. The Morgan fingerprint density at radius 2 is 1.29 bits per heavy atom. The van der Waals surface area contributed by atoms with E-state index in [9.17, 15) is 0 Å². The fourth-order valence-electron chi connectivity index (χ4n) is 2.43. The van der Waals surface area contributed by atoms with Crippen molar-refractivity contribution in [1.29, 1.82) is 0 Å². The Morgan fingerprint density at radius 3 is 1.88 bits per heavy atom. The molecule has 0 amide bonds. The molecule has 102 valence electrons. The van der Waals surface area contributed by atoms with Crippen molar-refractivity contribution in [3.8, 4) is 0 Å². The van der Waals surface area contributed by atoms with Gasteiger partial charge in [0.2, 0.25) is 0 Å². The average Bonchev–Trinajstić information content (AvgIpc) is 3.09. The maximum atomic E-state index is 8.65. The first-order valence-electron chi connectivity index (χ1n) is 7.64. The molecular weight excluding hydrogens is 212 g/mol. The molecule has 0 aromatic rings. The smallest absolute Gasteiger partial charge is 0.0841 e. The van der Waals surface area contributed by atoms with E-state index in [0.717, 1.165) is 6.42 Å². The number of aliphatic hydroxyl groups excluding tert-OH is 1. The van der Waals surface area contributed by atoms with Crippen molar-refractivity contribution in [1.82, 2.24) is 0 Å². The minimum atomic E-state index is 0.359. The van der Waals surface area contributed by atoms with Crippen molar-refractivity contribution in [2.75, 3.05) is 6.61 Å². The van der Waals surface area contributed by atoms with Crippen LogP contribution in [0, 0.1) is 0 Å². The molecule has 0 saturated carbocycles. The highest BCUT2D eigenvalue weighted by Crippen LogP contribution is 2.31. The molecule has 1 saturated heterocycles. The lowest BCUT2D eigenvalue weighted by Gasteiger charge is -2.00. The molecule has 0 spiro atoms. The highest BCUT2D eigenvalue weighted by molar-refractivity contribution is 4.84. The average molecular weight is 242 g/mol. The molecule has 1 heterocycles. The summed E-state index contributed by atoms with van der Waals surface area (Å²) < 4.78 is 5.65. The van der Waals surface area contributed by atoms with Crippen LogP contribution < -0.4 is 0 Å². The van der Waals surface area contributed by atoms with Gasteiger partial charge in [-0.15, -0.1) is 0 Å². The summed E-state index contributed by atoms with van der Waals surface area (Å²) in [4.78, 5) is 0. The van der Waals surface area contributed by atoms with Gasteiger partial charge in [-0.05, 0) is 19.3 Å². The zero-order chi connectivity index (χ0) is 12.3. The van der Waals surface area contributed by atoms with E-state index in [1.165, 1.54) is 64.2 Å². The number of aliphatic hydroxyl groups is 1. The van der Waals surface area contributed by atoms with Gasteiger partial charge in [0.05, 0.1) is 12.2 Å². The Balaban J connectivity index is 1.74. The third kappa shape index (κ3) is 7.77. The number of rotatable bonds is 12. The first-order valence-corrected chi connectivity index (χ1v) is 7.64. The summed E-state index contributed by atoms with van der Waals surface area (Å²) >= 11 is 0. The normalized spacial score (nSPS) is 22.9. The summed E-state index contributed by atoms with van der Waals surface area (Å²) in [6.07, 6.45) is 15.3. The van der Waals surface area contributed by atoms with Crippen LogP contribution in [0.15, 0.2) is 0 Å². The van der Waals surface area contributed by atoms with Crippen molar-refractivity contribution in [3.63, 3.8) is 0 Å². The molecule has 2 unspecified atom stereocenters. The summed E-state index contributed by atoms with van der Waals surface area (Å²) in [6, 6.07) is 0. The first-order chi connectivity index (χ1) is 8.38. The molecule has 1 fully saturated rings. The van der Waals surface area contributed by atoms with Crippen LogP contribution in [0.3, 0.4) is 0 Å². The summed E-state index contributed by atoms with van der Waals surface area (Å²) in [6.45, 7) is 2.60. The first kappa shape index (κ1) is 15.0. The molecule has 0 aromatic heterocycles. The number of unbranched alkanes of at least 4 members (excludes halogenated alkanes) is 7. The lowest BCUT2D eigenvalue weighted by Crippen LogP contribution is -1.94. The van der Waals surface area contributed by atoms with Crippen molar-refractivity contribution < 1.29 is 9.84 Å². The molecule has 1 rings (SSSR count). The minimum Gasteiger partial charge on any atom is -0.396 e. The van der Waals surface area contributed by atoms with E-state index in [4.69, 9.17) is 9.84 Å². The molecule has 0 aromatic carbocycles. The Hall–Kier alpha value is -0.0800. The molecule has 0 aliphatic carbocycles. The Kier molecular flexibility index (Phi) is 8.72. The molecular formula is C15H30O2. The quantitative estimate of drug-likeness (QED) is 0.413. The molecule has 2 nitrogen and oxygen atoms in total. The zero-order valence-electron chi connectivity index (χ0n) is 11.5. The van der Waals surface area contributed by atoms with Gasteiger partial charge in [0, 0.05) is 6.61 Å². The van der Waals surface area contributed by atoms with Crippen LogP contribution in [0.1, 0.15) is 77.6 Å². The molecule has 1 aliphatic rings. The van der Waals surface area contributed by atoms with Gasteiger partial charge < -0.3 is 9.84 Å². The van der Waals surface area contributed by atoms with Crippen LogP contribution in [0.5, 0.6) is 0 Å². The molecule has 17 heavy (non-hydrogen) atoms. The third-order valence-corrected chi connectivity index (χ3v) is 3.68. The zero-order valence-corrected chi connectivity index (χ0v) is 11.5. The van der Waals surface area contributed by atoms with E-state index in [-0.39, 0.29) is 0 Å². The summed E-state index contributed by atoms with van der Waals surface area (Å²) in [5, 5.41) is 8.65. The second kappa shape index (κ2) is 9.90. The topological polar surface area (TPSA) is 32.8 Å². The predicted octanol–water partition coefficient (Wildman–Crippen LogP) is 4.06. The van der Waals surface area contributed by atoms with Crippen LogP contribution in [0.4, 0.5) is 0 Å². The van der Waals surface area contributed by atoms with Gasteiger partial charge in [-0.25, -0.2) is 0 Å². The molecule has 2 atom stereocenters. The van der Waals surface area contributed by atoms with Crippen LogP contribution in [-0.4, -0.2) is 23.9 Å². The molecule has 1 aliphatic heterocycles. The third-order valence-electron chi connectivity index (χ3n) is 3.68. The fourth-order valence-corrected chi connectivity index (χ4v) is 2.43. The molecule has 1 N–H and O–H groups in total. The summed E-state index contributed by atoms with van der Waals surface area (Å²) in [7, 11) is 0. The van der Waals surface area contributed by atoms with Crippen molar-refractivity contribution in [2.24, 2.45) is 0 Å². The van der Waals surface area contributed by atoms with E-state index >= 15 is 0 Å². The molecule has 2 heteroatoms. The van der Waals surface area contributed by atoms with E-state index in [1.807, 2.05) is 0 Å². The molecule has 0 bridgehead atoms. The van der Waals surface area contributed by atoms with E-state index in [1.54, 1.807) is 0 Å². The highest BCUT2D eigenvalue weighted by Gasteiger charge is 2.36. The number of hydrogen-bond donors (Lipinski definition) is 1. The van der Waals surface area contributed by atoms with Gasteiger partial charge in [0.25, 0.3) is 0 Å². The van der Waals surface area contributed by atoms with Gasteiger partial charge >= 0.3 is 0 Å². The fraction of sp³-hybridized carbons (Fsp3) is 1.00. The van der Waals surface area contributed by atoms with Crippen molar-refractivity contribution in [3.05, 3.63) is 0 Å². The van der Waals surface area contributed by atoms with Gasteiger partial charge in [0.15, 0.2) is 0 Å². The van der Waals surface area contributed by atoms with Crippen molar-refractivity contribution >= 4 is 0 Å². The van der Waals surface area contributed by atoms with Crippen LogP contribution in [-0.2, 0) is 4.74 Å². The largest absolute Gasteiger partial charge is 0.396 e. The van der Waals surface area contributed by atoms with Crippen LogP contribution >= 0.6 is 0 Å². The number of hydrogen-bond acceptors (Lipinski definition) is 2. The Bertz CT molecular complexity index is 170. The van der Waals surface area contributed by atoms with Crippen molar-refractivity contribution in [2.45, 2.75) is 89.8 Å². The van der Waals surface area contributed by atoms with Gasteiger partial charge in [-0.3, -0.25) is 0 Å². The van der Waals surface area contributed by atoms with Gasteiger partial charge in [-0.1, -0.05) is 58.3 Å². The monoisotopic (exact) mass is 242 g/mol. The lowest BCUT2D eigenvalue weighted by molar-refractivity contribution is 0.282.